The summed E-state index contributed by atoms with van der Waals surface area (Å²) in [6, 6.07) is 10.4. The molecule has 2 heteroatoms. The molecule has 1 atom stereocenters. The van der Waals surface area contributed by atoms with Gasteiger partial charge in [-0.05, 0) is 30.7 Å². The molecule has 2 nitrogen and oxygen atoms in total. The molecule has 1 fully saturated rings. The Morgan fingerprint density at radius 3 is 2.47 bits per heavy atom. The number of carbonyl (C=O) groups is 1. The average Bonchev–Trinajstić information content (AvgIpc) is 3.12. The lowest BCUT2D eigenvalue weighted by Gasteiger charge is -2.21. The Bertz CT molecular complexity index is 368. The summed E-state index contributed by atoms with van der Waals surface area (Å²) in [5, 5.41) is 3.19. The van der Waals surface area contributed by atoms with Gasteiger partial charge in [-0.2, -0.15) is 0 Å². The van der Waals surface area contributed by atoms with E-state index in [2.05, 4.69) is 31.3 Å². The fourth-order valence-corrected chi connectivity index (χ4v) is 2.07. The molecule has 1 N–H and O–H groups in total. The van der Waals surface area contributed by atoms with Crippen molar-refractivity contribution >= 4 is 5.91 Å². The maximum absolute atomic E-state index is 11.9. The van der Waals surface area contributed by atoms with Crippen LogP contribution in [0.1, 0.15) is 44.7 Å². The number of carbonyl (C=O) groups excluding carboxylic acids is 1. The van der Waals surface area contributed by atoms with Crippen molar-refractivity contribution in [2.75, 3.05) is 0 Å². The van der Waals surface area contributed by atoms with Crippen LogP contribution in [0.25, 0.3) is 0 Å². The van der Waals surface area contributed by atoms with Gasteiger partial charge >= 0.3 is 0 Å². The fourth-order valence-electron chi connectivity index (χ4n) is 2.07. The van der Waals surface area contributed by atoms with Gasteiger partial charge in [0.25, 0.3) is 0 Å². The van der Waals surface area contributed by atoms with E-state index < -0.39 is 0 Å². The van der Waals surface area contributed by atoms with Gasteiger partial charge in [-0.1, -0.05) is 44.2 Å². The van der Waals surface area contributed by atoms with Gasteiger partial charge in [0.2, 0.25) is 5.91 Å². The van der Waals surface area contributed by atoms with Gasteiger partial charge in [-0.25, -0.2) is 0 Å². The first-order chi connectivity index (χ1) is 8.16. The van der Waals surface area contributed by atoms with Crippen molar-refractivity contribution in [1.29, 1.82) is 0 Å². The van der Waals surface area contributed by atoms with Crippen LogP contribution in [0.3, 0.4) is 0 Å². The molecule has 1 aliphatic rings. The third kappa shape index (κ3) is 3.58. The highest BCUT2D eigenvalue weighted by Crippen LogP contribution is 2.30. The second kappa shape index (κ2) is 5.35. The van der Waals surface area contributed by atoms with Crippen LogP contribution in [0.4, 0.5) is 0 Å². The summed E-state index contributed by atoms with van der Waals surface area (Å²) in [4.78, 5) is 11.9. The van der Waals surface area contributed by atoms with Gasteiger partial charge in [-0.3, -0.25) is 4.79 Å². The first-order valence-electron chi connectivity index (χ1n) is 6.52. The molecule has 1 amide bonds. The molecule has 92 valence electrons. The lowest BCUT2D eigenvalue weighted by molar-refractivity contribution is -0.123. The highest BCUT2D eigenvalue weighted by molar-refractivity contribution is 5.81. The molecule has 0 heterocycles. The predicted molar refractivity (Wildman–Crippen MR) is 69.5 cm³/mol. The Morgan fingerprint density at radius 2 is 1.94 bits per heavy atom. The van der Waals surface area contributed by atoms with Gasteiger partial charge in [0.05, 0.1) is 6.04 Å². The van der Waals surface area contributed by atoms with E-state index in [-0.39, 0.29) is 17.9 Å². The zero-order chi connectivity index (χ0) is 12.3. The van der Waals surface area contributed by atoms with E-state index in [0.717, 1.165) is 19.3 Å². The molecule has 0 bridgehead atoms. The quantitative estimate of drug-likeness (QED) is 0.827. The van der Waals surface area contributed by atoms with Crippen LogP contribution >= 0.6 is 0 Å². The predicted octanol–water partition coefficient (Wildman–Crippen LogP) is 3.30. The van der Waals surface area contributed by atoms with Gasteiger partial charge in [-0.15, -0.1) is 0 Å². The molecule has 1 aromatic carbocycles. The van der Waals surface area contributed by atoms with E-state index in [0.29, 0.717) is 5.92 Å². The fraction of sp³-hybridized carbons (Fsp3) is 0.533. The summed E-state index contributed by atoms with van der Waals surface area (Å²) in [6.07, 6.45) is 3.13. The standard InChI is InChI=1S/C15H21NO/c1-11(2)10-14(12-6-4-3-5-7-12)16-15(17)13-8-9-13/h3-7,11,13-14H,8-10H2,1-2H3,(H,16,17). The Hall–Kier alpha value is -1.31. The van der Waals surface area contributed by atoms with E-state index in [1.807, 2.05) is 18.2 Å². The van der Waals surface area contributed by atoms with Gasteiger partial charge in [0, 0.05) is 5.92 Å². The van der Waals surface area contributed by atoms with Crippen molar-refractivity contribution in [1.82, 2.24) is 5.32 Å². The Labute approximate surface area is 103 Å². The molecular formula is C15H21NO. The second-order valence-electron chi connectivity index (χ2n) is 5.38. The minimum Gasteiger partial charge on any atom is -0.349 e. The SMILES string of the molecule is CC(C)CC(NC(=O)C1CC1)c1ccccc1. The first-order valence-corrected chi connectivity index (χ1v) is 6.52. The Morgan fingerprint density at radius 1 is 1.29 bits per heavy atom. The molecular weight excluding hydrogens is 210 g/mol. The number of hydrogen-bond acceptors (Lipinski definition) is 1. The highest BCUT2D eigenvalue weighted by atomic mass is 16.2. The molecule has 2 rings (SSSR count). The summed E-state index contributed by atoms with van der Waals surface area (Å²) in [6.45, 7) is 4.39. The molecule has 1 aromatic rings. The van der Waals surface area contributed by atoms with Gasteiger partial charge in [0.15, 0.2) is 0 Å². The number of nitrogens with one attached hydrogen (secondary N) is 1. The summed E-state index contributed by atoms with van der Waals surface area (Å²) < 4.78 is 0. The van der Waals surface area contributed by atoms with Gasteiger partial charge in [0.1, 0.15) is 0 Å². The maximum Gasteiger partial charge on any atom is 0.223 e. The van der Waals surface area contributed by atoms with Crippen molar-refractivity contribution in [3.8, 4) is 0 Å². The molecule has 1 unspecified atom stereocenters. The zero-order valence-corrected chi connectivity index (χ0v) is 10.6. The van der Waals surface area contributed by atoms with Gasteiger partial charge < -0.3 is 5.32 Å². The zero-order valence-electron chi connectivity index (χ0n) is 10.6. The third-order valence-electron chi connectivity index (χ3n) is 3.17. The Kier molecular flexibility index (Phi) is 3.82. The number of benzene rings is 1. The lowest BCUT2D eigenvalue weighted by Crippen LogP contribution is -2.30. The normalized spacial score (nSPS) is 16.9. The van der Waals surface area contributed by atoms with Crippen LogP contribution in [0.5, 0.6) is 0 Å². The largest absolute Gasteiger partial charge is 0.349 e. The maximum atomic E-state index is 11.9. The summed E-state index contributed by atoms with van der Waals surface area (Å²) in [5.41, 5.74) is 1.22. The number of rotatable bonds is 5. The molecule has 0 spiro atoms. The lowest BCUT2D eigenvalue weighted by atomic mass is 9.97. The van der Waals surface area contributed by atoms with Crippen LogP contribution in [-0.2, 0) is 4.79 Å². The molecule has 0 aromatic heterocycles. The van der Waals surface area contributed by atoms with Crippen LogP contribution in [0, 0.1) is 11.8 Å². The van der Waals surface area contributed by atoms with Crippen LogP contribution in [0.15, 0.2) is 30.3 Å². The van der Waals surface area contributed by atoms with Crippen molar-refractivity contribution in [2.24, 2.45) is 11.8 Å². The van der Waals surface area contributed by atoms with Crippen molar-refractivity contribution in [2.45, 2.75) is 39.2 Å². The minimum absolute atomic E-state index is 0.171. The molecule has 0 aliphatic heterocycles. The van der Waals surface area contributed by atoms with E-state index in [4.69, 9.17) is 0 Å². The molecule has 0 radical (unpaired) electrons. The van der Waals surface area contributed by atoms with E-state index >= 15 is 0 Å². The average molecular weight is 231 g/mol. The van der Waals surface area contributed by atoms with E-state index in [9.17, 15) is 4.79 Å². The highest BCUT2D eigenvalue weighted by Gasteiger charge is 2.31. The van der Waals surface area contributed by atoms with Crippen LogP contribution in [-0.4, -0.2) is 5.91 Å². The molecule has 1 aliphatic carbocycles. The van der Waals surface area contributed by atoms with E-state index in [1.54, 1.807) is 0 Å². The first kappa shape index (κ1) is 12.2. The molecule has 17 heavy (non-hydrogen) atoms. The van der Waals surface area contributed by atoms with Crippen molar-refractivity contribution in [3.05, 3.63) is 35.9 Å². The van der Waals surface area contributed by atoms with E-state index in [1.165, 1.54) is 5.56 Å². The monoisotopic (exact) mass is 231 g/mol. The summed E-state index contributed by atoms with van der Waals surface area (Å²) in [5.74, 6) is 1.10. The molecule has 0 saturated heterocycles. The van der Waals surface area contributed by atoms with Crippen LogP contribution < -0.4 is 5.32 Å². The smallest absolute Gasteiger partial charge is 0.223 e. The van der Waals surface area contributed by atoms with Crippen molar-refractivity contribution in [3.63, 3.8) is 0 Å². The molecule has 1 saturated carbocycles. The Balaban J connectivity index is 2.04. The summed E-state index contributed by atoms with van der Waals surface area (Å²) in [7, 11) is 0. The van der Waals surface area contributed by atoms with Crippen molar-refractivity contribution < 1.29 is 4.79 Å². The van der Waals surface area contributed by atoms with Crippen LogP contribution in [0.2, 0.25) is 0 Å². The minimum atomic E-state index is 0.171. The second-order valence-corrected chi connectivity index (χ2v) is 5.38. The number of hydrogen-bond donors (Lipinski definition) is 1. The third-order valence-corrected chi connectivity index (χ3v) is 3.17. The topological polar surface area (TPSA) is 29.1 Å². The summed E-state index contributed by atoms with van der Waals surface area (Å²) >= 11 is 0. The number of amides is 1.